The highest BCUT2D eigenvalue weighted by Gasteiger charge is 2.25. The van der Waals surface area contributed by atoms with E-state index >= 15 is 0 Å². The van der Waals surface area contributed by atoms with E-state index in [1.807, 2.05) is 31.2 Å². The van der Waals surface area contributed by atoms with E-state index in [1.165, 1.54) is 6.20 Å². The van der Waals surface area contributed by atoms with Crippen LogP contribution in [0.3, 0.4) is 0 Å². The van der Waals surface area contributed by atoms with Crippen LogP contribution in [0.4, 0.5) is 0 Å². The van der Waals surface area contributed by atoms with Crippen LogP contribution in [0.25, 0.3) is 11.1 Å². The lowest BCUT2D eigenvalue weighted by molar-refractivity contribution is -0.140. The highest BCUT2D eigenvalue weighted by atomic mass is 16.5. The Morgan fingerprint density at radius 1 is 1.20 bits per heavy atom. The number of ether oxygens (including phenoxy) is 1. The number of carboxylic acid groups (broad SMARTS) is 1. The van der Waals surface area contributed by atoms with Crippen molar-refractivity contribution in [3.63, 3.8) is 0 Å². The summed E-state index contributed by atoms with van der Waals surface area (Å²) in [6.45, 7) is 3.68. The van der Waals surface area contributed by atoms with Gasteiger partial charge in [-0.05, 0) is 29.7 Å². The zero-order chi connectivity index (χ0) is 18.4. The van der Waals surface area contributed by atoms with Crippen molar-refractivity contribution in [2.45, 2.75) is 26.3 Å². The first kappa shape index (κ1) is 18.4. The number of carboxylic acids is 1. The molecule has 2 N–H and O–H groups in total. The molecule has 2 atom stereocenters. The smallest absolute Gasteiger partial charge is 0.326 e. The summed E-state index contributed by atoms with van der Waals surface area (Å²) in [4.78, 5) is 27.9. The van der Waals surface area contributed by atoms with E-state index in [9.17, 15) is 14.7 Å². The SMILES string of the molecule is CC[C@H](C)[C@H](NC(=O)c1cncc(-c2ccc(OC)cc2)c1)C(=O)O. The van der Waals surface area contributed by atoms with Crippen LogP contribution in [-0.4, -0.2) is 35.1 Å². The fourth-order valence-electron chi connectivity index (χ4n) is 2.41. The van der Waals surface area contributed by atoms with Gasteiger partial charge in [-0.3, -0.25) is 9.78 Å². The Morgan fingerprint density at radius 3 is 2.44 bits per heavy atom. The average Bonchev–Trinajstić information content (AvgIpc) is 2.65. The number of nitrogens with one attached hydrogen (secondary N) is 1. The van der Waals surface area contributed by atoms with Gasteiger partial charge < -0.3 is 15.2 Å². The minimum absolute atomic E-state index is 0.167. The van der Waals surface area contributed by atoms with Gasteiger partial charge in [-0.2, -0.15) is 0 Å². The number of methoxy groups -OCH3 is 1. The summed E-state index contributed by atoms with van der Waals surface area (Å²) in [6, 6.07) is 8.16. The first-order chi connectivity index (χ1) is 12.0. The number of carbonyl (C=O) groups is 2. The molecule has 25 heavy (non-hydrogen) atoms. The van der Waals surface area contributed by atoms with Crippen molar-refractivity contribution >= 4 is 11.9 Å². The molecule has 0 aliphatic heterocycles. The van der Waals surface area contributed by atoms with Crippen molar-refractivity contribution in [1.82, 2.24) is 10.3 Å². The third-order valence-electron chi connectivity index (χ3n) is 4.19. The third kappa shape index (κ3) is 4.56. The lowest BCUT2D eigenvalue weighted by Crippen LogP contribution is -2.45. The van der Waals surface area contributed by atoms with Gasteiger partial charge in [0, 0.05) is 18.0 Å². The van der Waals surface area contributed by atoms with Gasteiger partial charge in [-0.15, -0.1) is 0 Å². The van der Waals surface area contributed by atoms with Crippen LogP contribution < -0.4 is 10.1 Å². The molecule has 1 aromatic heterocycles. The molecule has 132 valence electrons. The fraction of sp³-hybridized carbons (Fsp3) is 0.316. The van der Waals surface area contributed by atoms with Gasteiger partial charge in [0.25, 0.3) is 5.91 Å². The predicted molar refractivity (Wildman–Crippen MR) is 94.6 cm³/mol. The molecule has 6 nitrogen and oxygen atoms in total. The van der Waals surface area contributed by atoms with Gasteiger partial charge in [-0.1, -0.05) is 32.4 Å². The van der Waals surface area contributed by atoms with Crippen LogP contribution in [0.1, 0.15) is 30.6 Å². The zero-order valence-corrected chi connectivity index (χ0v) is 14.5. The Morgan fingerprint density at radius 2 is 1.88 bits per heavy atom. The molecule has 0 aliphatic rings. The maximum atomic E-state index is 12.4. The van der Waals surface area contributed by atoms with E-state index in [2.05, 4.69) is 10.3 Å². The van der Waals surface area contributed by atoms with Gasteiger partial charge in [0.15, 0.2) is 0 Å². The Bertz CT molecular complexity index is 743. The van der Waals surface area contributed by atoms with Gasteiger partial charge in [0.1, 0.15) is 11.8 Å². The monoisotopic (exact) mass is 342 g/mol. The van der Waals surface area contributed by atoms with E-state index in [0.717, 1.165) is 16.9 Å². The Hall–Kier alpha value is -2.89. The van der Waals surface area contributed by atoms with Crippen LogP contribution in [-0.2, 0) is 4.79 Å². The van der Waals surface area contributed by atoms with Crippen LogP contribution in [0, 0.1) is 5.92 Å². The summed E-state index contributed by atoms with van der Waals surface area (Å²) in [5, 5.41) is 11.9. The largest absolute Gasteiger partial charge is 0.497 e. The Labute approximate surface area is 146 Å². The van der Waals surface area contributed by atoms with Gasteiger partial charge in [0.2, 0.25) is 0 Å². The molecule has 0 bridgehead atoms. The van der Waals surface area contributed by atoms with Gasteiger partial charge in [0.05, 0.1) is 12.7 Å². The molecule has 0 fully saturated rings. The molecule has 2 rings (SSSR count). The fourth-order valence-corrected chi connectivity index (χ4v) is 2.41. The maximum absolute atomic E-state index is 12.4. The lowest BCUT2D eigenvalue weighted by atomic mass is 9.98. The first-order valence-corrected chi connectivity index (χ1v) is 8.09. The number of aliphatic carboxylic acids is 1. The second-order valence-corrected chi connectivity index (χ2v) is 5.87. The highest BCUT2D eigenvalue weighted by Crippen LogP contribution is 2.22. The summed E-state index contributed by atoms with van der Waals surface area (Å²) in [5.41, 5.74) is 1.98. The Kier molecular flexibility index (Phi) is 6.11. The van der Waals surface area contributed by atoms with Crippen molar-refractivity contribution in [1.29, 1.82) is 0 Å². The number of hydrogen-bond acceptors (Lipinski definition) is 4. The zero-order valence-electron chi connectivity index (χ0n) is 14.5. The molecule has 1 amide bonds. The Balaban J connectivity index is 2.22. The number of benzene rings is 1. The molecule has 1 aromatic carbocycles. The molecular formula is C19H22N2O4. The maximum Gasteiger partial charge on any atom is 0.326 e. The number of rotatable bonds is 7. The van der Waals surface area contributed by atoms with E-state index in [-0.39, 0.29) is 5.92 Å². The van der Waals surface area contributed by atoms with Crippen LogP contribution >= 0.6 is 0 Å². The average molecular weight is 342 g/mol. The van der Waals surface area contributed by atoms with Crippen molar-refractivity contribution < 1.29 is 19.4 Å². The summed E-state index contributed by atoms with van der Waals surface area (Å²) in [5.74, 6) is -0.917. The summed E-state index contributed by atoms with van der Waals surface area (Å²) in [6.07, 6.45) is 3.74. The van der Waals surface area contributed by atoms with Crippen molar-refractivity contribution in [2.75, 3.05) is 7.11 Å². The van der Waals surface area contributed by atoms with Crippen molar-refractivity contribution in [3.05, 3.63) is 48.3 Å². The lowest BCUT2D eigenvalue weighted by Gasteiger charge is -2.20. The van der Waals surface area contributed by atoms with E-state index in [4.69, 9.17) is 4.74 Å². The molecule has 0 saturated heterocycles. The van der Waals surface area contributed by atoms with Crippen LogP contribution in [0.5, 0.6) is 5.75 Å². The molecule has 2 aromatic rings. The number of pyridine rings is 1. The number of amides is 1. The normalized spacial score (nSPS) is 12.9. The van der Waals surface area contributed by atoms with Crippen LogP contribution in [0.2, 0.25) is 0 Å². The molecule has 0 aliphatic carbocycles. The molecule has 1 heterocycles. The highest BCUT2D eigenvalue weighted by molar-refractivity contribution is 5.97. The third-order valence-corrected chi connectivity index (χ3v) is 4.19. The predicted octanol–water partition coefficient (Wildman–Crippen LogP) is 2.99. The molecule has 6 heteroatoms. The first-order valence-electron chi connectivity index (χ1n) is 8.09. The minimum atomic E-state index is -1.04. The number of carbonyl (C=O) groups excluding carboxylic acids is 1. The molecule has 0 unspecified atom stereocenters. The summed E-state index contributed by atoms with van der Waals surface area (Å²) in [7, 11) is 1.59. The van der Waals surface area contributed by atoms with E-state index < -0.39 is 17.9 Å². The number of hydrogen-bond donors (Lipinski definition) is 2. The number of nitrogens with zero attached hydrogens (tertiary/aromatic N) is 1. The van der Waals surface area contributed by atoms with E-state index in [0.29, 0.717) is 12.0 Å². The minimum Gasteiger partial charge on any atom is -0.497 e. The van der Waals surface area contributed by atoms with Crippen molar-refractivity contribution in [2.24, 2.45) is 5.92 Å². The van der Waals surface area contributed by atoms with E-state index in [1.54, 1.807) is 26.3 Å². The topological polar surface area (TPSA) is 88.5 Å². The molecule has 0 saturated carbocycles. The molecular weight excluding hydrogens is 320 g/mol. The molecule has 0 radical (unpaired) electrons. The van der Waals surface area contributed by atoms with Crippen molar-refractivity contribution in [3.8, 4) is 16.9 Å². The standard InChI is InChI=1S/C19H22N2O4/c1-4-12(2)17(19(23)24)21-18(22)15-9-14(10-20-11-15)13-5-7-16(25-3)8-6-13/h5-12,17H,4H2,1-3H3,(H,21,22)(H,23,24)/t12-,17-/m0/s1. The quantitative estimate of drug-likeness (QED) is 0.807. The second kappa shape index (κ2) is 8.28. The summed E-state index contributed by atoms with van der Waals surface area (Å²) >= 11 is 0. The number of aromatic nitrogens is 1. The second-order valence-electron chi connectivity index (χ2n) is 5.87. The molecule has 0 spiro atoms. The van der Waals surface area contributed by atoms with Crippen LogP contribution in [0.15, 0.2) is 42.7 Å². The summed E-state index contributed by atoms with van der Waals surface area (Å²) < 4.78 is 5.13. The van der Waals surface area contributed by atoms with Gasteiger partial charge >= 0.3 is 5.97 Å². The van der Waals surface area contributed by atoms with Gasteiger partial charge in [-0.25, -0.2) is 4.79 Å².